The average Bonchev–Trinajstić information content (AvgIpc) is 3.82. The Labute approximate surface area is 330 Å². The number of nitro groups is 1. The van der Waals surface area contributed by atoms with Crippen molar-refractivity contribution in [3.63, 3.8) is 0 Å². The number of thioether (sulfide) groups is 1. The van der Waals surface area contributed by atoms with Gasteiger partial charge in [-0.2, -0.15) is 9.67 Å². The molecule has 0 radical (unpaired) electrons. The first-order chi connectivity index (χ1) is 27.3. The lowest BCUT2D eigenvalue weighted by atomic mass is 10.1. The third-order valence-electron chi connectivity index (χ3n) is 8.45. The molecular formula is C39H39N10O5S2+. The van der Waals surface area contributed by atoms with E-state index in [1.807, 2.05) is 18.3 Å². The summed E-state index contributed by atoms with van der Waals surface area (Å²) in [6.07, 6.45) is 11.3. The Morgan fingerprint density at radius 1 is 1.07 bits per heavy atom. The molecule has 0 bridgehead atoms. The first-order valence-electron chi connectivity index (χ1n) is 17.5. The van der Waals surface area contributed by atoms with Gasteiger partial charge in [-0.1, -0.05) is 60.3 Å². The minimum Gasteiger partial charge on any atom is -0.487 e. The first kappa shape index (κ1) is 39.1. The SMILES string of the molecule is CN1/C(=C/C=C/c2cc[n+](CCC(=O)NCCN=C/C(COc3ccc(CNC(=O)Nc4ncc([N+](=O)[O-])s4)cc3)=N\N)c3ccccc23)Sc2ccccc21. The third-order valence-corrected chi connectivity index (χ3v) is 10.5. The molecule has 3 heterocycles. The van der Waals surface area contributed by atoms with Crippen LogP contribution in [-0.2, 0) is 17.9 Å². The number of para-hydroxylation sites is 2. The van der Waals surface area contributed by atoms with E-state index in [1.165, 1.54) is 21.8 Å². The van der Waals surface area contributed by atoms with Crippen LogP contribution in [0.4, 0.5) is 20.6 Å². The molecule has 0 unspecified atom stereocenters. The number of aromatic nitrogens is 2. The average molecular weight is 792 g/mol. The summed E-state index contributed by atoms with van der Waals surface area (Å²) in [5.74, 6) is 6.01. The Balaban J connectivity index is 0.895. The van der Waals surface area contributed by atoms with Gasteiger partial charge in [-0.25, -0.2) is 9.78 Å². The number of hydrazone groups is 1. The Morgan fingerprint density at radius 3 is 2.66 bits per heavy atom. The second-order valence-corrected chi connectivity index (χ2v) is 14.3. The molecule has 0 fully saturated rings. The van der Waals surface area contributed by atoms with Crippen LogP contribution in [0.25, 0.3) is 17.0 Å². The number of nitrogens with two attached hydrogens (primary N) is 1. The Bertz CT molecular complexity index is 2320. The van der Waals surface area contributed by atoms with Crippen LogP contribution >= 0.6 is 23.1 Å². The molecule has 5 aromatic rings. The molecule has 0 saturated carbocycles. The van der Waals surface area contributed by atoms with Crippen molar-refractivity contribution in [2.75, 3.05) is 37.0 Å². The molecule has 2 aromatic heterocycles. The number of nitrogens with zero attached hydrogens (tertiary/aromatic N) is 6. The van der Waals surface area contributed by atoms with E-state index in [1.54, 1.807) is 36.0 Å². The van der Waals surface area contributed by atoms with Gasteiger partial charge in [-0.15, -0.1) is 0 Å². The number of anilines is 2. The van der Waals surface area contributed by atoms with Crippen LogP contribution < -0.4 is 36.0 Å². The van der Waals surface area contributed by atoms with E-state index in [0.29, 0.717) is 37.5 Å². The molecule has 1 aliphatic rings. The van der Waals surface area contributed by atoms with Crippen LogP contribution in [0.15, 0.2) is 123 Å². The lowest BCUT2D eigenvalue weighted by molar-refractivity contribution is -0.670. The van der Waals surface area contributed by atoms with Crippen molar-refractivity contribution >= 4 is 79.8 Å². The van der Waals surface area contributed by atoms with E-state index >= 15 is 0 Å². The molecule has 3 aromatic carbocycles. The van der Waals surface area contributed by atoms with E-state index in [0.717, 1.165) is 39.6 Å². The number of pyridine rings is 1. The van der Waals surface area contributed by atoms with Gasteiger partial charge in [0.25, 0.3) is 0 Å². The number of thiazole rings is 1. The summed E-state index contributed by atoms with van der Waals surface area (Å²) in [4.78, 5) is 46.6. The van der Waals surface area contributed by atoms with Gasteiger partial charge in [0, 0.05) is 43.4 Å². The maximum Gasteiger partial charge on any atom is 0.345 e. The number of carbonyl (C=O) groups excluding carboxylic acids is 2. The number of fused-ring (bicyclic) bond motifs is 2. The second-order valence-electron chi connectivity index (χ2n) is 12.2. The minimum absolute atomic E-state index is 0.0762. The lowest BCUT2D eigenvalue weighted by Gasteiger charge is -2.12. The summed E-state index contributed by atoms with van der Waals surface area (Å²) in [5, 5.41) is 24.8. The van der Waals surface area contributed by atoms with Gasteiger partial charge in [0.1, 0.15) is 24.3 Å². The van der Waals surface area contributed by atoms with Crippen molar-refractivity contribution in [3.05, 3.63) is 130 Å². The maximum atomic E-state index is 12.7. The number of rotatable bonds is 16. The summed E-state index contributed by atoms with van der Waals surface area (Å²) < 4.78 is 7.85. The zero-order valence-electron chi connectivity index (χ0n) is 30.3. The largest absolute Gasteiger partial charge is 0.487 e. The highest BCUT2D eigenvalue weighted by Crippen LogP contribution is 2.44. The van der Waals surface area contributed by atoms with E-state index in [-0.39, 0.29) is 29.2 Å². The third kappa shape index (κ3) is 10.5. The summed E-state index contributed by atoms with van der Waals surface area (Å²) in [6, 6.07) is 25.1. The minimum atomic E-state index is -0.571. The molecule has 0 atom stereocenters. The van der Waals surface area contributed by atoms with E-state index in [2.05, 4.69) is 108 Å². The molecule has 0 spiro atoms. The van der Waals surface area contributed by atoms with Crippen LogP contribution in [0, 0.1) is 10.1 Å². The van der Waals surface area contributed by atoms with Crippen LogP contribution in [-0.4, -0.2) is 60.5 Å². The number of urea groups is 1. The fourth-order valence-corrected chi connectivity index (χ4v) is 7.28. The van der Waals surface area contributed by atoms with Gasteiger partial charge >= 0.3 is 11.0 Å². The molecule has 6 rings (SSSR count). The predicted octanol–water partition coefficient (Wildman–Crippen LogP) is 5.88. The number of aliphatic imine (C=N–C) groups is 1. The first-order valence-corrected chi connectivity index (χ1v) is 19.1. The summed E-state index contributed by atoms with van der Waals surface area (Å²) in [6.45, 7) is 1.52. The van der Waals surface area contributed by atoms with Crippen LogP contribution in [0.2, 0.25) is 0 Å². The van der Waals surface area contributed by atoms with Crippen LogP contribution in [0.3, 0.4) is 0 Å². The van der Waals surface area contributed by atoms with Gasteiger partial charge < -0.3 is 26.1 Å². The van der Waals surface area contributed by atoms with Gasteiger partial charge in [-0.05, 0) is 58.9 Å². The van der Waals surface area contributed by atoms with Crippen molar-refractivity contribution in [1.82, 2.24) is 15.6 Å². The molecule has 3 amide bonds. The van der Waals surface area contributed by atoms with Crippen molar-refractivity contribution in [2.45, 2.75) is 24.4 Å². The van der Waals surface area contributed by atoms with Crippen molar-refractivity contribution in [3.8, 4) is 5.75 Å². The number of hydrogen-bond acceptors (Lipinski definition) is 12. The molecule has 286 valence electrons. The fraction of sp³-hybridized carbons (Fsp3) is 0.179. The maximum absolute atomic E-state index is 12.7. The molecule has 5 N–H and O–H groups in total. The summed E-state index contributed by atoms with van der Waals surface area (Å²) >= 11 is 2.53. The number of nitrogens with one attached hydrogen (secondary N) is 3. The molecule has 0 saturated heterocycles. The molecule has 1 aliphatic heterocycles. The number of carbonyl (C=O) groups is 2. The zero-order chi connectivity index (χ0) is 39.3. The quantitative estimate of drug-likeness (QED) is 0.0236. The zero-order valence-corrected chi connectivity index (χ0v) is 32.0. The Hall–Kier alpha value is -6.59. The Morgan fingerprint density at radius 2 is 1.88 bits per heavy atom. The highest BCUT2D eigenvalue weighted by atomic mass is 32.2. The van der Waals surface area contributed by atoms with Gasteiger partial charge in [-0.3, -0.25) is 25.2 Å². The van der Waals surface area contributed by atoms with E-state index < -0.39 is 11.0 Å². The van der Waals surface area contributed by atoms with Crippen LogP contribution in [0.5, 0.6) is 5.75 Å². The predicted molar refractivity (Wildman–Crippen MR) is 221 cm³/mol. The highest BCUT2D eigenvalue weighted by Gasteiger charge is 2.20. The number of aryl methyl sites for hydroxylation is 1. The molecule has 17 heteroatoms. The number of hydrogen-bond donors (Lipinski definition) is 4. The van der Waals surface area contributed by atoms with Gasteiger partial charge in [0.2, 0.25) is 11.4 Å². The number of amides is 3. The van der Waals surface area contributed by atoms with Crippen LogP contribution in [0.1, 0.15) is 17.5 Å². The van der Waals surface area contributed by atoms with Crippen molar-refractivity contribution in [1.29, 1.82) is 0 Å². The second kappa shape index (κ2) is 19.1. The molecule has 15 nitrogen and oxygen atoms in total. The standard InChI is InChI=1S/C39H38N10O5S2/c1-47-33-10-4-5-11-34(33)55-36(47)12-6-7-28-17-21-48(32-9-3-2-8-31(28)32)22-18-35(50)42-20-19-41-24-29(46-40)26-54-30-15-13-27(14-16-30)23-43-38(51)45-39-44-25-37(56-39)49(52)53/h2-17,21,24-25H,18-20,22-23,26H2,1H3,(H4-,40,41,42,43,44,45,50,51)/p+1. The van der Waals surface area contributed by atoms with Crippen molar-refractivity contribution < 1.29 is 23.8 Å². The number of ether oxygens (including phenoxy) is 1. The highest BCUT2D eigenvalue weighted by molar-refractivity contribution is 8.03. The van der Waals surface area contributed by atoms with E-state index in [4.69, 9.17) is 10.6 Å². The number of benzene rings is 3. The van der Waals surface area contributed by atoms with E-state index in [9.17, 15) is 19.7 Å². The monoisotopic (exact) mass is 791 g/mol. The summed E-state index contributed by atoms with van der Waals surface area (Å²) in [7, 11) is 2.08. The Kier molecular flexibility index (Phi) is 13.4. The molecule has 0 aliphatic carbocycles. The lowest BCUT2D eigenvalue weighted by Crippen LogP contribution is -2.38. The fourth-order valence-electron chi connectivity index (χ4n) is 5.59. The normalized spacial score (nSPS) is 13.4. The summed E-state index contributed by atoms with van der Waals surface area (Å²) in [5.41, 5.74) is 4.57. The topological polar surface area (TPSA) is 193 Å². The number of allylic oxidation sites excluding steroid dienone is 2. The van der Waals surface area contributed by atoms with Gasteiger partial charge in [0.15, 0.2) is 17.9 Å². The van der Waals surface area contributed by atoms with Gasteiger partial charge in [0.05, 0.1) is 34.0 Å². The smallest absolute Gasteiger partial charge is 0.345 e. The molecular weight excluding hydrogens is 753 g/mol. The van der Waals surface area contributed by atoms with Crippen molar-refractivity contribution in [2.24, 2.45) is 15.9 Å². The molecule has 56 heavy (non-hydrogen) atoms.